The molecule has 0 atom stereocenters. The molecule has 0 aliphatic carbocycles. The van der Waals surface area contributed by atoms with Crippen LogP contribution in [0.1, 0.15) is 13.8 Å². The summed E-state index contributed by atoms with van der Waals surface area (Å²) in [6.07, 6.45) is 0. The Bertz CT molecular complexity index is 295. The quantitative estimate of drug-likeness (QED) is 0.765. The zero-order valence-corrected chi connectivity index (χ0v) is 8.82. The summed E-state index contributed by atoms with van der Waals surface area (Å²) in [4.78, 5) is 13.3. The third kappa shape index (κ3) is 2.25. The van der Waals surface area contributed by atoms with Crippen molar-refractivity contribution in [2.24, 2.45) is 0 Å². The predicted octanol–water partition coefficient (Wildman–Crippen LogP) is 2.24. The molecule has 0 spiro atoms. The lowest BCUT2D eigenvalue weighted by Crippen LogP contribution is -2.42. The molecule has 0 fully saturated rings. The first-order valence-electron chi connectivity index (χ1n) is 4.72. The van der Waals surface area contributed by atoms with Crippen molar-refractivity contribution in [2.75, 3.05) is 11.9 Å². The second kappa shape index (κ2) is 4.65. The molecule has 0 aliphatic heterocycles. The lowest BCUT2D eigenvalue weighted by Gasteiger charge is -2.26. The molecule has 0 radical (unpaired) electrons. The zero-order chi connectivity index (χ0) is 10.6. The molecule has 1 N–H and O–H groups in total. The second-order valence-corrected chi connectivity index (χ2v) is 3.35. The third-order valence-electron chi connectivity index (χ3n) is 1.98. The minimum atomic E-state index is -0.0776. The van der Waals surface area contributed by atoms with Crippen molar-refractivity contribution in [1.29, 1.82) is 0 Å². The van der Waals surface area contributed by atoms with E-state index in [0.717, 1.165) is 5.69 Å². The number of hydrogen-bond acceptors (Lipinski definition) is 1. The Kier molecular flexibility index (Phi) is 3.51. The average Bonchev–Trinajstić information content (AvgIpc) is 2.19. The van der Waals surface area contributed by atoms with Crippen LogP contribution in [0.5, 0.6) is 0 Å². The van der Waals surface area contributed by atoms with E-state index in [1.165, 1.54) is 0 Å². The van der Waals surface area contributed by atoms with Gasteiger partial charge in [-0.15, -0.1) is 0 Å². The number of amides is 2. The van der Waals surface area contributed by atoms with Gasteiger partial charge in [-0.05, 0) is 26.0 Å². The number of para-hydroxylation sites is 1. The molecular formula is C11H16N2O. The maximum atomic E-state index is 11.6. The number of urea groups is 1. The highest BCUT2D eigenvalue weighted by molar-refractivity contribution is 5.92. The summed E-state index contributed by atoms with van der Waals surface area (Å²) >= 11 is 0. The van der Waals surface area contributed by atoms with Gasteiger partial charge in [0.25, 0.3) is 0 Å². The van der Waals surface area contributed by atoms with E-state index in [4.69, 9.17) is 0 Å². The second-order valence-electron chi connectivity index (χ2n) is 3.35. The molecule has 0 saturated carbocycles. The highest BCUT2D eigenvalue weighted by Gasteiger charge is 2.16. The molecule has 0 saturated heterocycles. The molecule has 14 heavy (non-hydrogen) atoms. The van der Waals surface area contributed by atoms with Crippen molar-refractivity contribution in [1.82, 2.24) is 5.32 Å². The molecule has 1 aromatic carbocycles. The van der Waals surface area contributed by atoms with E-state index < -0.39 is 0 Å². The van der Waals surface area contributed by atoms with Gasteiger partial charge in [0.05, 0.1) is 0 Å². The summed E-state index contributed by atoms with van der Waals surface area (Å²) in [5.74, 6) is 0. The van der Waals surface area contributed by atoms with Crippen molar-refractivity contribution in [3.63, 3.8) is 0 Å². The molecule has 0 heterocycles. The fourth-order valence-corrected chi connectivity index (χ4v) is 1.36. The van der Waals surface area contributed by atoms with Gasteiger partial charge in [0.15, 0.2) is 0 Å². The molecule has 3 heteroatoms. The lowest BCUT2D eigenvalue weighted by molar-refractivity contribution is 0.247. The minimum absolute atomic E-state index is 0.0776. The molecule has 0 unspecified atom stereocenters. The van der Waals surface area contributed by atoms with E-state index in [-0.39, 0.29) is 12.1 Å². The highest BCUT2D eigenvalue weighted by atomic mass is 16.2. The summed E-state index contributed by atoms with van der Waals surface area (Å²) in [5.41, 5.74) is 0.918. The third-order valence-corrected chi connectivity index (χ3v) is 1.98. The normalized spacial score (nSPS) is 10.0. The van der Waals surface area contributed by atoms with Crippen molar-refractivity contribution in [3.05, 3.63) is 30.3 Å². The smallest absolute Gasteiger partial charge is 0.321 e. The van der Waals surface area contributed by atoms with Crippen LogP contribution in [0.4, 0.5) is 10.5 Å². The number of nitrogens with zero attached hydrogens (tertiary/aromatic N) is 1. The monoisotopic (exact) mass is 192 g/mol. The first-order chi connectivity index (χ1) is 6.66. The fourth-order valence-electron chi connectivity index (χ4n) is 1.36. The van der Waals surface area contributed by atoms with Crippen LogP contribution < -0.4 is 10.2 Å². The van der Waals surface area contributed by atoms with Crippen LogP contribution in [-0.2, 0) is 0 Å². The molecular weight excluding hydrogens is 176 g/mol. The van der Waals surface area contributed by atoms with E-state index in [2.05, 4.69) is 5.32 Å². The van der Waals surface area contributed by atoms with E-state index in [0.29, 0.717) is 0 Å². The van der Waals surface area contributed by atoms with Gasteiger partial charge in [-0.2, -0.15) is 0 Å². The Labute approximate surface area is 84.7 Å². The topological polar surface area (TPSA) is 32.3 Å². The summed E-state index contributed by atoms with van der Waals surface area (Å²) in [7, 11) is 1.64. The number of carbonyl (C=O) groups excluding carboxylic acids is 1. The Hall–Kier alpha value is -1.51. The number of nitrogens with one attached hydrogen (secondary N) is 1. The summed E-state index contributed by atoms with van der Waals surface area (Å²) in [5, 5.41) is 2.63. The molecule has 2 amide bonds. The summed E-state index contributed by atoms with van der Waals surface area (Å²) in [6, 6.07) is 9.71. The van der Waals surface area contributed by atoms with Crippen molar-refractivity contribution in [3.8, 4) is 0 Å². The van der Waals surface area contributed by atoms with Crippen LogP contribution in [0.2, 0.25) is 0 Å². The molecule has 0 aromatic heterocycles. The fraction of sp³-hybridized carbons (Fsp3) is 0.364. The zero-order valence-electron chi connectivity index (χ0n) is 8.82. The van der Waals surface area contributed by atoms with Gasteiger partial charge in [0.2, 0.25) is 0 Å². The Morgan fingerprint density at radius 2 is 1.86 bits per heavy atom. The lowest BCUT2D eigenvalue weighted by atomic mass is 10.2. The highest BCUT2D eigenvalue weighted by Crippen LogP contribution is 2.15. The maximum absolute atomic E-state index is 11.6. The Morgan fingerprint density at radius 1 is 1.29 bits per heavy atom. The van der Waals surface area contributed by atoms with Crippen molar-refractivity contribution < 1.29 is 4.79 Å². The maximum Gasteiger partial charge on any atom is 0.321 e. The molecule has 3 nitrogen and oxygen atoms in total. The molecule has 1 rings (SSSR count). The Balaban J connectivity index is 2.95. The molecule has 1 aromatic rings. The van der Waals surface area contributed by atoms with Crippen LogP contribution in [0, 0.1) is 0 Å². The Morgan fingerprint density at radius 3 is 2.29 bits per heavy atom. The van der Waals surface area contributed by atoms with Crippen LogP contribution in [0.15, 0.2) is 30.3 Å². The van der Waals surface area contributed by atoms with Gasteiger partial charge in [0.1, 0.15) is 0 Å². The van der Waals surface area contributed by atoms with E-state index >= 15 is 0 Å². The molecule has 76 valence electrons. The average molecular weight is 192 g/mol. The standard InChI is InChI=1S/C11H16N2O/c1-9(2)13(11(14)12-3)10-7-5-4-6-8-10/h4-9H,1-3H3,(H,12,14). The first kappa shape index (κ1) is 10.6. The number of hydrogen-bond donors (Lipinski definition) is 1. The molecule has 0 bridgehead atoms. The number of rotatable bonds is 2. The van der Waals surface area contributed by atoms with Gasteiger partial charge in [-0.3, -0.25) is 4.90 Å². The number of carbonyl (C=O) groups is 1. The van der Waals surface area contributed by atoms with Crippen LogP contribution in [-0.4, -0.2) is 19.1 Å². The largest absolute Gasteiger partial charge is 0.341 e. The van der Waals surface area contributed by atoms with E-state index in [1.807, 2.05) is 44.2 Å². The van der Waals surface area contributed by atoms with Gasteiger partial charge < -0.3 is 5.32 Å². The van der Waals surface area contributed by atoms with Crippen LogP contribution in [0.25, 0.3) is 0 Å². The van der Waals surface area contributed by atoms with E-state index in [9.17, 15) is 4.79 Å². The van der Waals surface area contributed by atoms with Crippen LogP contribution in [0.3, 0.4) is 0 Å². The number of anilines is 1. The SMILES string of the molecule is CNC(=O)N(c1ccccc1)C(C)C. The first-order valence-corrected chi connectivity index (χ1v) is 4.72. The summed E-state index contributed by atoms with van der Waals surface area (Å²) < 4.78 is 0. The number of benzene rings is 1. The van der Waals surface area contributed by atoms with Gasteiger partial charge in [-0.1, -0.05) is 18.2 Å². The van der Waals surface area contributed by atoms with Gasteiger partial charge >= 0.3 is 6.03 Å². The van der Waals surface area contributed by atoms with Crippen LogP contribution >= 0.6 is 0 Å². The van der Waals surface area contributed by atoms with Crippen molar-refractivity contribution >= 4 is 11.7 Å². The summed E-state index contributed by atoms with van der Waals surface area (Å²) in [6.45, 7) is 3.98. The van der Waals surface area contributed by atoms with Gasteiger partial charge in [-0.25, -0.2) is 4.79 Å². The van der Waals surface area contributed by atoms with Crippen molar-refractivity contribution in [2.45, 2.75) is 19.9 Å². The van der Waals surface area contributed by atoms with E-state index in [1.54, 1.807) is 11.9 Å². The molecule has 0 aliphatic rings. The minimum Gasteiger partial charge on any atom is -0.341 e. The predicted molar refractivity (Wildman–Crippen MR) is 58.5 cm³/mol. The van der Waals surface area contributed by atoms with Gasteiger partial charge in [0, 0.05) is 18.8 Å².